The lowest BCUT2D eigenvalue weighted by atomic mass is 10.3. The lowest BCUT2D eigenvalue weighted by Gasteiger charge is -2.17. The van der Waals surface area contributed by atoms with Gasteiger partial charge in [0.1, 0.15) is 0 Å². The molecule has 1 rings (SSSR count). The molecule has 0 aliphatic rings. The summed E-state index contributed by atoms with van der Waals surface area (Å²) < 4.78 is 0. The number of para-hydroxylation sites is 1. The van der Waals surface area contributed by atoms with Crippen molar-refractivity contribution in [1.29, 1.82) is 0 Å². The van der Waals surface area contributed by atoms with Gasteiger partial charge in [-0.25, -0.2) is 9.80 Å². The van der Waals surface area contributed by atoms with Crippen LogP contribution in [0.1, 0.15) is 0 Å². The molecular formula is C8H10N4O2. The van der Waals surface area contributed by atoms with Gasteiger partial charge in [0.25, 0.3) is 0 Å². The number of nitrogens with one attached hydrogen (secondary N) is 2. The van der Waals surface area contributed by atoms with Crippen LogP contribution in [0, 0.1) is 0 Å². The van der Waals surface area contributed by atoms with Crippen LogP contribution in [0.2, 0.25) is 0 Å². The van der Waals surface area contributed by atoms with Crippen molar-refractivity contribution in [1.82, 2.24) is 11.0 Å². The van der Waals surface area contributed by atoms with E-state index < -0.39 is 6.03 Å². The van der Waals surface area contributed by atoms with Crippen molar-refractivity contribution < 1.29 is 9.59 Å². The van der Waals surface area contributed by atoms with Crippen LogP contribution < -0.4 is 21.7 Å². The van der Waals surface area contributed by atoms with Crippen LogP contribution in [0.25, 0.3) is 0 Å². The van der Waals surface area contributed by atoms with Crippen molar-refractivity contribution in [3.63, 3.8) is 0 Å². The zero-order valence-corrected chi connectivity index (χ0v) is 7.31. The third-order valence-corrected chi connectivity index (χ3v) is 1.44. The first-order chi connectivity index (χ1) is 6.74. The van der Waals surface area contributed by atoms with E-state index in [-0.39, 0.29) is 0 Å². The van der Waals surface area contributed by atoms with Crippen molar-refractivity contribution in [2.24, 2.45) is 5.73 Å². The molecule has 0 unspecified atom stereocenters. The number of anilines is 1. The average molecular weight is 194 g/mol. The zero-order chi connectivity index (χ0) is 10.4. The van der Waals surface area contributed by atoms with Gasteiger partial charge in [-0.2, -0.15) is 0 Å². The van der Waals surface area contributed by atoms with E-state index in [0.29, 0.717) is 12.1 Å². The number of rotatable bonds is 4. The van der Waals surface area contributed by atoms with E-state index in [9.17, 15) is 9.59 Å². The maximum absolute atomic E-state index is 10.6. The summed E-state index contributed by atoms with van der Waals surface area (Å²) in [7, 11) is 0. The molecule has 0 aromatic heterocycles. The van der Waals surface area contributed by atoms with E-state index in [1.54, 1.807) is 24.3 Å². The van der Waals surface area contributed by atoms with E-state index >= 15 is 0 Å². The second-order valence-electron chi connectivity index (χ2n) is 2.41. The Morgan fingerprint density at radius 3 is 2.50 bits per heavy atom. The van der Waals surface area contributed by atoms with Gasteiger partial charge in [-0.05, 0) is 12.1 Å². The summed E-state index contributed by atoms with van der Waals surface area (Å²) >= 11 is 0. The molecule has 0 spiro atoms. The van der Waals surface area contributed by atoms with Crippen molar-refractivity contribution in [3.8, 4) is 0 Å². The largest absolute Gasteiger partial charge is 0.351 e. The summed E-state index contributed by atoms with van der Waals surface area (Å²) in [6, 6.07) is 7.96. The van der Waals surface area contributed by atoms with Crippen LogP contribution >= 0.6 is 0 Å². The first kappa shape index (κ1) is 10.0. The van der Waals surface area contributed by atoms with Gasteiger partial charge in [0.05, 0.1) is 5.69 Å². The van der Waals surface area contributed by atoms with Gasteiger partial charge in [-0.1, -0.05) is 18.2 Å². The van der Waals surface area contributed by atoms with Crippen molar-refractivity contribution in [2.45, 2.75) is 0 Å². The standard InChI is InChI=1S/C8H10N4O2/c9-8(14)10-11-12(6-13)7-4-2-1-3-5-7/h1-6,11H,(H3,9,10,14). The number of hydrogen-bond donors (Lipinski definition) is 3. The Morgan fingerprint density at radius 1 is 1.36 bits per heavy atom. The van der Waals surface area contributed by atoms with E-state index in [4.69, 9.17) is 5.73 Å². The van der Waals surface area contributed by atoms with Crippen LogP contribution in [0.3, 0.4) is 0 Å². The number of nitrogens with two attached hydrogens (primary N) is 1. The van der Waals surface area contributed by atoms with E-state index in [1.165, 1.54) is 0 Å². The van der Waals surface area contributed by atoms with E-state index in [1.807, 2.05) is 6.07 Å². The second kappa shape index (κ2) is 4.83. The van der Waals surface area contributed by atoms with Gasteiger partial charge >= 0.3 is 6.03 Å². The Bertz CT molecular complexity index is 314. The fourth-order valence-corrected chi connectivity index (χ4v) is 0.856. The summed E-state index contributed by atoms with van der Waals surface area (Å²) in [6.07, 6.45) is 0.519. The molecule has 0 aliphatic heterocycles. The Morgan fingerprint density at radius 2 is 2.00 bits per heavy atom. The normalized spacial score (nSPS) is 9.14. The summed E-state index contributed by atoms with van der Waals surface area (Å²) in [5.74, 6) is 0. The molecule has 14 heavy (non-hydrogen) atoms. The Balaban J connectivity index is 2.63. The summed E-state index contributed by atoms with van der Waals surface area (Å²) in [5.41, 5.74) is 9.82. The molecule has 0 aliphatic carbocycles. The Kier molecular flexibility index (Phi) is 3.45. The third-order valence-electron chi connectivity index (χ3n) is 1.44. The molecule has 6 heteroatoms. The van der Waals surface area contributed by atoms with Crippen LogP contribution in [0.5, 0.6) is 0 Å². The number of benzene rings is 1. The predicted molar refractivity (Wildman–Crippen MR) is 50.8 cm³/mol. The Hall–Kier alpha value is -2.08. The number of hydrazine groups is 2. The molecule has 0 saturated carbocycles. The van der Waals surface area contributed by atoms with Gasteiger partial charge < -0.3 is 5.73 Å². The number of carbonyl (C=O) groups is 2. The molecule has 0 saturated heterocycles. The molecule has 0 fully saturated rings. The number of hydrogen-bond acceptors (Lipinski definition) is 3. The first-order valence-corrected chi connectivity index (χ1v) is 3.84. The van der Waals surface area contributed by atoms with E-state index in [2.05, 4.69) is 11.0 Å². The molecule has 0 heterocycles. The molecule has 1 aromatic carbocycles. The van der Waals surface area contributed by atoms with Crippen molar-refractivity contribution in [3.05, 3.63) is 30.3 Å². The highest BCUT2D eigenvalue weighted by atomic mass is 16.2. The van der Waals surface area contributed by atoms with Crippen LogP contribution in [-0.4, -0.2) is 12.4 Å². The first-order valence-electron chi connectivity index (χ1n) is 3.84. The lowest BCUT2D eigenvalue weighted by Crippen LogP contribution is -2.51. The van der Waals surface area contributed by atoms with Crippen LogP contribution in [0.4, 0.5) is 10.5 Å². The van der Waals surface area contributed by atoms with Gasteiger partial charge in [0.2, 0.25) is 6.41 Å². The minimum absolute atomic E-state index is 0.519. The molecule has 0 bridgehead atoms. The van der Waals surface area contributed by atoms with Crippen molar-refractivity contribution >= 4 is 18.1 Å². The zero-order valence-electron chi connectivity index (χ0n) is 7.31. The van der Waals surface area contributed by atoms with Gasteiger partial charge in [0.15, 0.2) is 0 Å². The maximum Gasteiger partial charge on any atom is 0.327 e. The topological polar surface area (TPSA) is 87.5 Å². The summed E-state index contributed by atoms with van der Waals surface area (Å²) in [4.78, 5) is 20.9. The van der Waals surface area contributed by atoms with E-state index in [0.717, 1.165) is 5.01 Å². The molecule has 74 valence electrons. The monoisotopic (exact) mass is 194 g/mol. The fourth-order valence-electron chi connectivity index (χ4n) is 0.856. The molecule has 0 atom stereocenters. The number of carbonyl (C=O) groups excluding carboxylic acids is 2. The molecule has 1 aromatic rings. The van der Waals surface area contributed by atoms with Gasteiger partial charge in [0, 0.05) is 0 Å². The third kappa shape index (κ3) is 2.76. The van der Waals surface area contributed by atoms with Crippen LogP contribution in [-0.2, 0) is 4.79 Å². The second-order valence-corrected chi connectivity index (χ2v) is 2.41. The summed E-state index contributed by atoms with van der Waals surface area (Å²) in [5, 5.41) is 1.09. The Labute approximate surface area is 80.6 Å². The van der Waals surface area contributed by atoms with Gasteiger partial charge in [-0.3, -0.25) is 10.2 Å². The highest BCUT2D eigenvalue weighted by molar-refractivity contribution is 5.75. The molecule has 0 radical (unpaired) electrons. The highest BCUT2D eigenvalue weighted by Crippen LogP contribution is 2.07. The van der Waals surface area contributed by atoms with Crippen molar-refractivity contribution in [2.75, 3.05) is 5.01 Å². The average Bonchev–Trinajstić information content (AvgIpc) is 2.20. The molecule has 6 nitrogen and oxygen atoms in total. The number of urea groups is 1. The van der Waals surface area contributed by atoms with Crippen LogP contribution in [0.15, 0.2) is 30.3 Å². The molecule has 4 N–H and O–H groups in total. The lowest BCUT2D eigenvalue weighted by molar-refractivity contribution is -0.108. The number of amides is 3. The summed E-state index contributed by atoms with van der Waals surface area (Å²) in [6.45, 7) is 0. The minimum Gasteiger partial charge on any atom is -0.351 e. The molecule has 3 amide bonds. The quantitative estimate of drug-likeness (QED) is 0.455. The van der Waals surface area contributed by atoms with Gasteiger partial charge in [-0.15, -0.1) is 5.53 Å². The number of nitrogens with zero attached hydrogens (tertiary/aromatic N) is 1. The maximum atomic E-state index is 10.6. The minimum atomic E-state index is -0.771. The smallest absolute Gasteiger partial charge is 0.327 e. The highest BCUT2D eigenvalue weighted by Gasteiger charge is 2.03. The number of primary amides is 1. The predicted octanol–water partition coefficient (Wildman–Crippen LogP) is -0.263. The fraction of sp³-hybridized carbons (Fsp3) is 0. The molecular weight excluding hydrogens is 184 g/mol. The SMILES string of the molecule is NC(=O)NNN(C=O)c1ccccc1.